The van der Waals surface area contributed by atoms with Gasteiger partial charge >= 0.3 is 0 Å². The molecule has 0 radical (unpaired) electrons. The Morgan fingerprint density at radius 2 is 1.48 bits per heavy atom. The van der Waals surface area contributed by atoms with Crippen LogP contribution in [-0.2, 0) is 10.0 Å². The zero-order valence-corrected chi connectivity index (χ0v) is 15.7. The standard InChI is InChI=1S/C21H20N2O3S/c1-2-27(25,26)23-18-14-12-17(13-15-18)21(24)22-20-11-7-6-10-19(20)16-8-4-3-5-9-16/h3-15,23H,2H2,1H3,(H,22,24). The smallest absolute Gasteiger partial charge is 0.255 e. The average Bonchev–Trinajstić information content (AvgIpc) is 2.69. The quantitative estimate of drug-likeness (QED) is 0.667. The highest BCUT2D eigenvalue weighted by atomic mass is 32.2. The van der Waals surface area contributed by atoms with Gasteiger partial charge in [-0.3, -0.25) is 9.52 Å². The number of carbonyl (C=O) groups is 1. The first-order valence-electron chi connectivity index (χ1n) is 8.55. The molecular weight excluding hydrogens is 360 g/mol. The Kier molecular flexibility index (Phi) is 5.57. The molecule has 0 saturated carbocycles. The number of hydrogen-bond acceptors (Lipinski definition) is 3. The van der Waals surface area contributed by atoms with Gasteiger partial charge in [-0.25, -0.2) is 8.42 Å². The Hall–Kier alpha value is -3.12. The highest BCUT2D eigenvalue weighted by Crippen LogP contribution is 2.28. The van der Waals surface area contributed by atoms with Crippen molar-refractivity contribution in [3.8, 4) is 11.1 Å². The molecule has 2 N–H and O–H groups in total. The van der Waals surface area contributed by atoms with Gasteiger partial charge in [0.25, 0.3) is 5.91 Å². The fourth-order valence-corrected chi connectivity index (χ4v) is 3.24. The number of para-hydroxylation sites is 1. The van der Waals surface area contributed by atoms with Gasteiger partial charge < -0.3 is 5.32 Å². The van der Waals surface area contributed by atoms with Gasteiger partial charge in [-0.2, -0.15) is 0 Å². The first-order valence-corrected chi connectivity index (χ1v) is 10.2. The van der Waals surface area contributed by atoms with E-state index >= 15 is 0 Å². The van der Waals surface area contributed by atoms with Crippen LogP contribution < -0.4 is 10.0 Å². The van der Waals surface area contributed by atoms with E-state index in [0.29, 0.717) is 16.9 Å². The lowest BCUT2D eigenvalue weighted by Gasteiger charge is -2.12. The minimum absolute atomic E-state index is 0.00843. The molecule has 0 unspecified atom stereocenters. The van der Waals surface area contributed by atoms with Crippen LogP contribution in [0.2, 0.25) is 0 Å². The van der Waals surface area contributed by atoms with Crippen molar-refractivity contribution in [2.45, 2.75) is 6.92 Å². The number of anilines is 2. The van der Waals surface area contributed by atoms with E-state index in [1.807, 2.05) is 54.6 Å². The van der Waals surface area contributed by atoms with Crippen LogP contribution in [0, 0.1) is 0 Å². The van der Waals surface area contributed by atoms with Crippen molar-refractivity contribution in [3.05, 3.63) is 84.4 Å². The Labute approximate surface area is 159 Å². The van der Waals surface area contributed by atoms with Crippen LogP contribution in [0.15, 0.2) is 78.9 Å². The molecule has 6 heteroatoms. The number of amides is 1. The molecule has 0 heterocycles. The minimum atomic E-state index is -3.34. The van der Waals surface area contributed by atoms with E-state index < -0.39 is 10.0 Å². The molecule has 27 heavy (non-hydrogen) atoms. The maximum Gasteiger partial charge on any atom is 0.255 e. The first kappa shape index (κ1) is 18.7. The minimum Gasteiger partial charge on any atom is -0.321 e. The summed E-state index contributed by atoms with van der Waals surface area (Å²) in [7, 11) is -3.34. The lowest BCUT2D eigenvalue weighted by Crippen LogP contribution is -2.15. The third kappa shape index (κ3) is 4.74. The van der Waals surface area contributed by atoms with Crippen LogP contribution >= 0.6 is 0 Å². The molecule has 0 aromatic heterocycles. The molecule has 0 spiro atoms. The highest BCUT2D eigenvalue weighted by molar-refractivity contribution is 7.92. The van der Waals surface area contributed by atoms with E-state index in [9.17, 15) is 13.2 Å². The second-order valence-electron chi connectivity index (χ2n) is 5.95. The number of nitrogens with one attached hydrogen (secondary N) is 2. The number of rotatable bonds is 6. The van der Waals surface area contributed by atoms with Crippen molar-refractivity contribution >= 4 is 27.3 Å². The van der Waals surface area contributed by atoms with Crippen LogP contribution in [0.3, 0.4) is 0 Å². The van der Waals surface area contributed by atoms with Gasteiger partial charge in [0.15, 0.2) is 0 Å². The first-order chi connectivity index (χ1) is 13.0. The molecule has 1 amide bonds. The molecule has 3 aromatic carbocycles. The lowest BCUT2D eigenvalue weighted by molar-refractivity contribution is 0.102. The third-order valence-corrected chi connectivity index (χ3v) is 5.37. The highest BCUT2D eigenvalue weighted by Gasteiger charge is 2.11. The molecule has 3 aromatic rings. The van der Waals surface area contributed by atoms with Crippen LogP contribution in [0.4, 0.5) is 11.4 Å². The number of benzene rings is 3. The summed E-state index contributed by atoms with van der Waals surface area (Å²) in [5.41, 5.74) is 3.52. The van der Waals surface area contributed by atoms with Crippen molar-refractivity contribution in [1.29, 1.82) is 0 Å². The van der Waals surface area contributed by atoms with Crippen molar-refractivity contribution in [2.24, 2.45) is 0 Å². The Morgan fingerprint density at radius 1 is 0.852 bits per heavy atom. The van der Waals surface area contributed by atoms with Crippen LogP contribution in [0.5, 0.6) is 0 Å². The van der Waals surface area contributed by atoms with Gasteiger partial charge in [0.05, 0.1) is 5.75 Å². The molecule has 138 valence electrons. The average molecular weight is 380 g/mol. The predicted octanol–water partition coefficient (Wildman–Crippen LogP) is 4.37. The molecular formula is C21H20N2O3S. The summed E-state index contributed by atoms with van der Waals surface area (Å²) >= 11 is 0. The van der Waals surface area contributed by atoms with E-state index in [4.69, 9.17) is 0 Å². The molecule has 0 aliphatic rings. The maximum atomic E-state index is 12.6. The van der Waals surface area contributed by atoms with E-state index in [1.54, 1.807) is 31.2 Å². The SMILES string of the molecule is CCS(=O)(=O)Nc1ccc(C(=O)Nc2ccccc2-c2ccccc2)cc1. The molecule has 0 bridgehead atoms. The second kappa shape index (κ2) is 8.05. The van der Waals surface area contributed by atoms with Gasteiger partial charge in [0, 0.05) is 22.5 Å². The summed E-state index contributed by atoms with van der Waals surface area (Å²) < 4.78 is 25.7. The van der Waals surface area contributed by atoms with Crippen molar-refractivity contribution in [2.75, 3.05) is 15.8 Å². The summed E-state index contributed by atoms with van der Waals surface area (Å²) in [4.78, 5) is 12.6. The third-order valence-electron chi connectivity index (χ3n) is 4.06. The normalized spacial score (nSPS) is 11.0. The summed E-state index contributed by atoms with van der Waals surface area (Å²) in [5.74, 6) is -0.269. The fraction of sp³-hybridized carbons (Fsp3) is 0.0952. The predicted molar refractivity (Wildman–Crippen MR) is 109 cm³/mol. The van der Waals surface area contributed by atoms with E-state index in [-0.39, 0.29) is 11.7 Å². The number of sulfonamides is 1. The van der Waals surface area contributed by atoms with Gasteiger partial charge in [0.2, 0.25) is 10.0 Å². The summed E-state index contributed by atoms with van der Waals surface area (Å²) in [6, 6.07) is 23.7. The van der Waals surface area contributed by atoms with E-state index in [0.717, 1.165) is 11.1 Å². The second-order valence-corrected chi connectivity index (χ2v) is 7.96. The summed E-state index contributed by atoms with van der Waals surface area (Å²) in [6.07, 6.45) is 0. The largest absolute Gasteiger partial charge is 0.321 e. The van der Waals surface area contributed by atoms with Crippen molar-refractivity contribution < 1.29 is 13.2 Å². The monoisotopic (exact) mass is 380 g/mol. The maximum absolute atomic E-state index is 12.6. The molecule has 5 nitrogen and oxygen atoms in total. The zero-order chi connectivity index (χ0) is 19.3. The van der Waals surface area contributed by atoms with Gasteiger partial charge in [-0.05, 0) is 42.8 Å². The van der Waals surface area contributed by atoms with Gasteiger partial charge in [-0.1, -0.05) is 48.5 Å². The summed E-state index contributed by atoms with van der Waals surface area (Å²) in [5, 5.41) is 2.93. The van der Waals surface area contributed by atoms with Crippen LogP contribution in [0.25, 0.3) is 11.1 Å². The summed E-state index contributed by atoms with van der Waals surface area (Å²) in [6.45, 7) is 1.56. The Balaban J connectivity index is 1.79. The van der Waals surface area contributed by atoms with E-state index in [1.165, 1.54) is 0 Å². The molecule has 0 atom stereocenters. The molecule has 0 aliphatic carbocycles. The van der Waals surface area contributed by atoms with E-state index in [2.05, 4.69) is 10.0 Å². The Morgan fingerprint density at radius 3 is 2.15 bits per heavy atom. The molecule has 0 saturated heterocycles. The lowest BCUT2D eigenvalue weighted by atomic mass is 10.0. The molecule has 3 rings (SSSR count). The van der Waals surface area contributed by atoms with Crippen LogP contribution in [0.1, 0.15) is 17.3 Å². The Bertz CT molecular complexity index is 1030. The number of carbonyl (C=O) groups excluding carboxylic acids is 1. The van der Waals surface area contributed by atoms with Gasteiger partial charge in [-0.15, -0.1) is 0 Å². The molecule has 0 aliphatic heterocycles. The zero-order valence-electron chi connectivity index (χ0n) is 14.8. The fourth-order valence-electron chi connectivity index (χ4n) is 2.60. The number of hydrogen-bond donors (Lipinski definition) is 2. The van der Waals surface area contributed by atoms with Crippen molar-refractivity contribution in [1.82, 2.24) is 0 Å². The van der Waals surface area contributed by atoms with Gasteiger partial charge in [0.1, 0.15) is 0 Å². The van der Waals surface area contributed by atoms with Crippen molar-refractivity contribution in [3.63, 3.8) is 0 Å². The molecule has 0 fully saturated rings. The van der Waals surface area contributed by atoms with Crippen LogP contribution in [-0.4, -0.2) is 20.1 Å². The topological polar surface area (TPSA) is 75.3 Å².